The summed E-state index contributed by atoms with van der Waals surface area (Å²) in [6, 6.07) is 15.6. The van der Waals surface area contributed by atoms with Crippen molar-refractivity contribution in [2.24, 2.45) is 0 Å². The first-order valence-corrected chi connectivity index (χ1v) is 10.5. The van der Waals surface area contributed by atoms with Gasteiger partial charge in [-0.3, -0.25) is 0 Å². The molecular weight excluding hydrogens is 321 g/mol. The summed E-state index contributed by atoms with van der Waals surface area (Å²) in [7, 11) is 8.39. The SMILES string of the molecule is CC.CC.PCc1cccc(-c2cc(CP)cc(CP)c2)c1. The molecule has 0 aliphatic carbocycles. The zero-order valence-electron chi connectivity index (χ0n) is 14.4. The third-order valence-corrected chi connectivity index (χ3v) is 4.43. The minimum absolute atomic E-state index is 1.01. The van der Waals surface area contributed by atoms with E-state index in [-0.39, 0.29) is 0 Å². The minimum Gasteiger partial charge on any atom is -0.133 e. The van der Waals surface area contributed by atoms with Gasteiger partial charge >= 0.3 is 0 Å². The van der Waals surface area contributed by atoms with Crippen LogP contribution in [0.5, 0.6) is 0 Å². The molecule has 0 aromatic heterocycles. The monoisotopic (exact) mass is 352 g/mol. The van der Waals surface area contributed by atoms with Crippen molar-refractivity contribution in [1.29, 1.82) is 0 Å². The predicted molar refractivity (Wildman–Crippen MR) is 115 cm³/mol. The van der Waals surface area contributed by atoms with Crippen molar-refractivity contribution in [3.8, 4) is 11.1 Å². The van der Waals surface area contributed by atoms with Crippen LogP contribution in [-0.2, 0) is 18.5 Å². The molecule has 0 bridgehead atoms. The minimum atomic E-state index is 1.01. The van der Waals surface area contributed by atoms with Crippen LogP contribution in [-0.4, -0.2) is 0 Å². The average molecular weight is 352 g/mol. The molecule has 0 heterocycles. The summed E-state index contributed by atoms with van der Waals surface area (Å²) in [6.07, 6.45) is 3.03. The van der Waals surface area contributed by atoms with Crippen LogP contribution in [0.1, 0.15) is 44.4 Å². The summed E-state index contributed by atoms with van der Waals surface area (Å²) < 4.78 is 0. The number of hydrogen-bond acceptors (Lipinski definition) is 0. The van der Waals surface area contributed by atoms with Crippen molar-refractivity contribution in [3.63, 3.8) is 0 Å². The van der Waals surface area contributed by atoms with Gasteiger partial charge < -0.3 is 0 Å². The van der Waals surface area contributed by atoms with Crippen molar-refractivity contribution in [2.75, 3.05) is 0 Å². The first-order chi connectivity index (χ1) is 10.8. The van der Waals surface area contributed by atoms with Gasteiger partial charge in [0.2, 0.25) is 0 Å². The lowest BCUT2D eigenvalue weighted by Crippen LogP contribution is -1.88. The molecule has 2 aromatic carbocycles. The molecule has 0 radical (unpaired) electrons. The van der Waals surface area contributed by atoms with E-state index in [4.69, 9.17) is 0 Å². The molecule has 3 atom stereocenters. The third-order valence-electron chi connectivity index (χ3n) is 3.02. The fourth-order valence-electron chi connectivity index (χ4n) is 2.04. The van der Waals surface area contributed by atoms with E-state index in [2.05, 4.69) is 70.2 Å². The lowest BCUT2D eigenvalue weighted by Gasteiger charge is -2.09. The van der Waals surface area contributed by atoms with Crippen LogP contribution < -0.4 is 0 Å². The molecule has 0 spiro atoms. The van der Waals surface area contributed by atoms with Gasteiger partial charge in [-0.2, -0.15) is 0 Å². The van der Waals surface area contributed by atoms with Crippen LogP contribution >= 0.6 is 27.7 Å². The first-order valence-electron chi connectivity index (χ1n) is 8.09. The summed E-state index contributed by atoms with van der Waals surface area (Å²) in [4.78, 5) is 0. The van der Waals surface area contributed by atoms with Gasteiger partial charge in [0.25, 0.3) is 0 Å². The second-order valence-electron chi connectivity index (χ2n) is 4.35. The van der Waals surface area contributed by atoms with Crippen molar-refractivity contribution >= 4 is 27.7 Å². The molecule has 3 heteroatoms. The van der Waals surface area contributed by atoms with E-state index in [0.29, 0.717) is 0 Å². The van der Waals surface area contributed by atoms with Gasteiger partial charge in [0.1, 0.15) is 0 Å². The standard InChI is InChI=1S/C15H19P3.2C2H6/c16-8-11-2-1-3-14(5-11)15-6-12(9-17)4-13(7-15)10-18;2*1-2/h1-7H,8-10,16-18H2;2*1-2H3. The van der Waals surface area contributed by atoms with Crippen LogP contribution in [0.25, 0.3) is 11.1 Å². The van der Waals surface area contributed by atoms with Crippen LogP contribution in [0.3, 0.4) is 0 Å². The largest absolute Gasteiger partial charge is 0.133 e. The molecule has 0 nitrogen and oxygen atoms in total. The van der Waals surface area contributed by atoms with E-state index in [1.54, 1.807) is 0 Å². The van der Waals surface area contributed by atoms with Crippen LogP contribution in [0.2, 0.25) is 0 Å². The smallest absolute Gasteiger partial charge is 0.0128 e. The molecule has 0 amide bonds. The molecule has 122 valence electrons. The Morgan fingerprint density at radius 3 is 1.50 bits per heavy atom. The molecule has 0 saturated heterocycles. The van der Waals surface area contributed by atoms with E-state index in [9.17, 15) is 0 Å². The van der Waals surface area contributed by atoms with Gasteiger partial charge in [0.15, 0.2) is 0 Å². The predicted octanol–water partition coefficient (Wildman–Crippen LogP) is 6.53. The maximum absolute atomic E-state index is 2.81. The van der Waals surface area contributed by atoms with Gasteiger partial charge in [-0.1, -0.05) is 70.2 Å². The molecule has 0 fully saturated rings. The molecule has 2 aromatic rings. The highest BCUT2D eigenvalue weighted by Crippen LogP contribution is 2.26. The van der Waals surface area contributed by atoms with Crippen molar-refractivity contribution in [1.82, 2.24) is 0 Å². The van der Waals surface area contributed by atoms with Crippen LogP contribution in [0, 0.1) is 0 Å². The Labute approximate surface area is 144 Å². The molecule has 0 N–H and O–H groups in total. The Bertz CT molecular complexity index is 514. The van der Waals surface area contributed by atoms with Gasteiger partial charge in [-0.25, -0.2) is 0 Å². The molecule has 0 aliphatic rings. The highest BCUT2D eigenvalue weighted by atomic mass is 31.0. The lowest BCUT2D eigenvalue weighted by molar-refractivity contribution is 1.33. The van der Waals surface area contributed by atoms with E-state index >= 15 is 0 Å². The van der Waals surface area contributed by atoms with E-state index < -0.39 is 0 Å². The van der Waals surface area contributed by atoms with Gasteiger partial charge in [0.05, 0.1) is 0 Å². The Balaban J connectivity index is 0.00000102. The van der Waals surface area contributed by atoms with Crippen molar-refractivity contribution in [2.45, 2.75) is 46.2 Å². The Kier molecular flexibility index (Phi) is 13.0. The maximum atomic E-state index is 2.81. The summed E-state index contributed by atoms with van der Waals surface area (Å²) in [5.74, 6) is 0. The fraction of sp³-hybridized carbons (Fsp3) is 0.368. The van der Waals surface area contributed by atoms with Gasteiger partial charge in [0, 0.05) is 0 Å². The molecule has 3 unspecified atom stereocenters. The Hall–Kier alpha value is -0.270. The Morgan fingerprint density at radius 2 is 1.05 bits per heavy atom. The second-order valence-corrected chi connectivity index (χ2v) is 5.58. The number of benzene rings is 2. The Morgan fingerprint density at radius 1 is 0.591 bits per heavy atom. The zero-order chi connectivity index (χ0) is 17.0. The van der Waals surface area contributed by atoms with Gasteiger partial charge in [-0.15, -0.1) is 27.7 Å². The molecule has 22 heavy (non-hydrogen) atoms. The van der Waals surface area contributed by atoms with Gasteiger partial charge in [-0.05, 0) is 46.3 Å². The maximum Gasteiger partial charge on any atom is -0.0128 e. The molecular formula is C19H31P3. The van der Waals surface area contributed by atoms with Crippen LogP contribution in [0.15, 0.2) is 42.5 Å². The fourth-order valence-corrected chi connectivity index (χ4v) is 2.77. The summed E-state index contributed by atoms with van der Waals surface area (Å²) >= 11 is 0. The third kappa shape index (κ3) is 6.87. The number of rotatable bonds is 4. The topological polar surface area (TPSA) is 0 Å². The average Bonchev–Trinajstić information content (AvgIpc) is 2.64. The first kappa shape index (κ1) is 21.7. The summed E-state index contributed by atoms with van der Waals surface area (Å²) in [5, 5.41) is 0. The zero-order valence-corrected chi connectivity index (χ0v) is 17.9. The summed E-state index contributed by atoms with van der Waals surface area (Å²) in [5.41, 5.74) is 6.77. The van der Waals surface area contributed by atoms with Crippen molar-refractivity contribution in [3.05, 3.63) is 59.2 Å². The molecule has 0 saturated carbocycles. The van der Waals surface area contributed by atoms with E-state index in [1.807, 2.05) is 27.7 Å². The second kappa shape index (κ2) is 13.2. The molecule has 0 aliphatic heterocycles. The van der Waals surface area contributed by atoms with Crippen molar-refractivity contribution < 1.29 is 0 Å². The summed E-state index contributed by atoms with van der Waals surface area (Å²) in [6.45, 7) is 8.00. The van der Waals surface area contributed by atoms with Crippen LogP contribution in [0.4, 0.5) is 0 Å². The van der Waals surface area contributed by atoms with E-state index in [0.717, 1.165) is 18.5 Å². The highest BCUT2D eigenvalue weighted by molar-refractivity contribution is 7.15. The lowest BCUT2D eigenvalue weighted by atomic mass is 9.99. The number of hydrogen-bond donors (Lipinski definition) is 0. The quantitative estimate of drug-likeness (QED) is 0.549. The highest BCUT2D eigenvalue weighted by Gasteiger charge is 2.02. The van der Waals surface area contributed by atoms with E-state index in [1.165, 1.54) is 27.8 Å². The normalized spacial score (nSPS) is 9.23. The molecule has 2 rings (SSSR count).